The van der Waals surface area contributed by atoms with E-state index in [9.17, 15) is 9.59 Å². The molecule has 0 spiro atoms. The number of rotatable bonds is 6. The first-order valence-electron chi connectivity index (χ1n) is 5.53. The number of nitrogens with one attached hydrogen (secondary N) is 1. The number of anilines is 1. The molecule has 4 nitrogen and oxygen atoms in total. The maximum absolute atomic E-state index is 11.5. The van der Waals surface area contributed by atoms with Gasteiger partial charge in [-0.3, -0.25) is 9.59 Å². The predicted molar refractivity (Wildman–Crippen MR) is 66.2 cm³/mol. The van der Waals surface area contributed by atoms with Crippen molar-refractivity contribution in [3.05, 3.63) is 29.8 Å². The number of carbonyl (C=O) groups excluding carboxylic acids is 2. The Morgan fingerprint density at radius 3 is 2.76 bits per heavy atom. The summed E-state index contributed by atoms with van der Waals surface area (Å²) in [7, 11) is 1.61. The van der Waals surface area contributed by atoms with Crippen LogP contribution in [0.3, 0.4) is 0 Å². The number of ketones is 1. The third-order valence-corrected chi connectivity index (χ3v) is 2.31. The van der Waals surface area contributed by atoms with Crippen LogP contribution in [0.25, 0.3) is 0 Å². The van der Waals surface area contributed by atoms with E-state index in [-0.39, 0.29) is 11.7 Å². The fraction of sp³-hybridized carbons (Fsp3) is 0.385. The Bertz CT molecular complexity index is 401. The first-order chi connectivity index (χ1) is 8.13. The highest BCUT2D eigenvalue weighted by Crippen LogP contribution is 2.11. The van der Waals surface area contributed by atoms with Crippen LogP contribution in [0.2, 0.25) is 0 Å². The zero-order valence-corrected chi connectivity index (χ0v) is 10.2. The lowest BCUT2D eigenvalue weighted by molar-refractivity contribution is -0.116. The van der Waals surface area contributed by atoms with Crippen LogP contribution in [0, 0.1) is 0 Å². The summed E-state index contributed by atoms with van der Waals surface area (Å²) < 4.78 is 4.87. The summed E-state index contributed by atoms with van der Waals surface area (Å²) in [5.74, 6) is -0.0803. The number of hydrogen-bond acceptors (Lipinski definition) is 3. The van der Waals surface area contributed by atoms with E-state index in [2.05, 4.69) is 5.32 Å². The standard InChI is InChI=1S/C13H17NO3/c1-10(15)11-5-3-6-12(9-11)14-13(16)7-4-8-17-2/h3,5-6,9H,4,7-8H2,1-2H3,(H,14,16). The Hall–Kier alpha value is -1.68. The molecule has 0 aromatic heterocycles. The van der Waals surface area contributed by atoms with E-state index < -0.39 is 0 Å². The van der Waals surface area contributed by atoms with Crippen molar-refractivity contribution < 1.29 is 14.3 Å². The molecule has 1 amide bonds. The number of benzene rings is 1. The molecule has 1 N–H and O–H groups in total. The molecule has 0 aliphatic carbocycles. The highest BCUT2D eigenvalue weighted by Gasteiger charge is 2.04. The quantitative estimate of drug-likeness (QED) is 0.607. The molecule has 1 aromatic carbocycles. The largest absolute Gasteiger partial charge is 0.385 e. The molecule has 0 aliphatic rings. The van der Waals surface area contributed by atoms with Gasteiger partial charge in [0.15, 0.2) is 5.78 Å². The zero-order valence-electron chi connectivity index (χ0n) is 10.2. The van der Waals surface area contributed by atoms with Crippen molar-refractivity contribution in [3.63, 3.8) is 0 Å². The first-order valence-corrected chi connectivity index (χ1v) is 5.53. The molecule has 0 unspecified atom stereocenters. The fourth-order valence-corrected chi connectivity index (χ4v) is 1.42. The molecule has 0 bridgehead atoms. The zero-order chi connectivity index (χ0) is 12.7. The van der Waals surface area contributed by atoms with E-state index in [0.717, 1.165) is 0 Å². The summed E-state index contributed by atoms with van der Waals surface area (Å²) >= 11 is 0. The Kier molecular flexibility index (Phi) is 5.36. The van der Waals surface area contributed by atoms with Gasteiger partial charge >= 0.3 is 0 Å². The summed E-state index contributed by atoms with van der Waals surface area (Å²) in [6.07, 6.45) is 1.10. The third-order valence-electron chi connectivity index (χ3n) is 2.31. The number of carbonyl (C=O) groups is 2. The Labute approximate surface area is 101 Å². The normalized spacial score (nSPS) is 10.0. The lowest BCUT2D eigenvalue weighted by Gasteiger charge is -2.06. The minimum atomic E-state index is -0.0669. The second kappa shape index (κ2) is 6.81. The molecule has 0 saturated carbocycles. The molecule has 4 heteroatoms. The SMILES string of the molecule is COCCCC(=O)Nc1cccc(C(C)=O)c1. The van der Waals surface area contributed by atoms with E-state index in [4.69, 9.17) is 4.74 Å². The number of Topliss-reactive ketones (excluding diaryl/α,β-unsaturated/α-hetero) is 1. The van der Waals surface area contributed by atoms with Gasteiger partial charge in [0.2, 0.25) is 5.91 Å². The maximum atomic E-state index is 11.5. The monoisotopic (exact) mass is 235 g/mol. The number of hydrogen-bond donors (Lipinski definition) is 1. The van der Waals surface area contributed by atoms with Crippen LogP contribution < -0.4 is 5.32 Å². The van der Waals surface area contributed by atoms with Gasteiger partial charge in [0, 0.05) is 31.4 Å². The van der Waals surface area contributed by atoms with Gasteiger partial charge in [-0.05, 0) is 25.5 Å². The maximum Gasteiger partial charge on any atom is 0.224 e. The fourth-order valence-electron chi connectivity index (χ4n) is 1.42. The molecular weight excluding hydrogens is 218 g/mol. The van der Waals surface area contributed by atoms with Crippen LogP contribution >= 0.6 is 0 Å². The molecular formula is C13H17NO3. The van der Waals surface area contributed by atoms with Crippen LogP contribution in [-0.4, -0.2) is 25.4 Å². The molecule has 0 saturated heterocycles. The Morgan fingerprint density at radius 1 is 1.35 bits per heavy atom. The summed E-state index contributed by atoms with van der Waals surface area (Å²) in [5, 5.41) is 2.75. The first kappa shape index (κ1) is 13.4. The Balaban J connectivity index is 2.53. The van der Waals surface area contributed by atoms with Crippen LogP contribution in [0.5, 0.6) is 0 Å². The van der Waals surface area contributed by atoms with Gasteiger partial charge in [0.05, 0.1) is 0 Å². The van der Waals surface area contributed by atoms with Crippen molar-refractivity contribution in [2.75, 3.05) is 19.0 Å². The average molecular weight is 235 g/mol. The second-order valence-corrected chi connectivity index (χ2v) is 3.78. The number of ether oxygens (including phenoxy) is 1. The molecule has 1 aromatic rings. The van der Waals surface area contributed by atoms with Crippen LogP contribution in [0.15, 0.2) is 24.3 Å². The van der Waals surface area contributed by atoms with E-state index in [1.165, 1.54) is 6.92 Å². The lowest BCUT2D eigenvalue weighted by Crippen LogP contribution is -2.12. The molecule has 0 fully saturated rings. The molecule has 92 valence electrons. The molecule has 0 atom stereocenters. The van der Waals surface area contributed by atoms with Gasteiger partial charge in [-0.15, -0.1) is 0 Å². The molecule has 0 aliphatic heterocycles. The summed E-state index contributed by atoms with van der Waals surface area (Å²) in [4.78, 5) is 22.7. The smallest absolute Gasteiger partial charge is 0.224 e. The van der Waals surface area contributed by atoms with E-state index in [1.54, 1.807) is 31.4 Å². The minimum Gasteiger partial charge on any atom is -0.385 e. The van der Waals surface area contributed by atoms with Crippen molar-refractivity contribution in [2.24, 2.45) is 0 Å². The Morgan fingerprint density at radius 2 is 2.12 bits per heavy atom. The molecule has 0 heterocycles. The third kappa shape index (κ3) is 4.78. The van der Waals surface area contributed by atoms with Gasteiger partial charge in [0.1, 0.15) is 0 Å². The second-order valence-electron chi connectivity index (χ2n) is 3.78. The number of amides is 1. The van der Waals surface area contributed by atoms with E-state index in [1.807, 2.05) is 0 Å². The summed E-state index contributed by atoms with van der Waals surface area (Å²) in [5.41, 5.74) is 1.25. The van der Waals surface area contributed by atoms with Crippen molar-refractivity contribution in [1.29, 1.82) is 0 Å². The van der Waals surface area contributed by atoms with Crippen LogP contribution in [-0.2, 0) is 9.53 Å². The van der Waals surface area contributed by atoms with Crippen molar-refractivity contribution in [1.82, 2.24) is 0 Å². The molecule has 17 heavy (non-hydrogen) atoms. The van der Waals surface area contributed by atoms with Gasteiger partial charge in [-0.1, -0.05) is 12.1 Å². The van der Waals surface area contributed by atoms with Crippen LogP contribution in [0.4, 0.5) is 5.69 Å². The van der Waals surface area contributed by atoms with Gasteiger partial charge < -0.3 is 10.1 Å². The van der Waals surface area contributed by atoms with Crippen molar-refractivity contribution in [2.45, 2.75) is 19.8 Å². The lowest BCUT2D eigenvalue weighted by atomic mass is 10.1. The molecule has 0 radical (unpaired) electrons. The highest BCUT2D eigenvalue weighted by molar-refractivity contribution is 5.97. The summed E-state index contributed by atoms with van der Waals surface area (Å²) in [6, 6.07) is 6.92. The topological polar surface area (TPSA) is 55.4 Å². The molecule has 1 rings (SSSR count). The highest BCUT2D eigenvalue weighted by atomic mass is 16.5. The minimum absolute atomic E-state index is 0.0134. The van der Waals surface area contributed by atoms with Crippen molar-refractivity contribution in [3.8, 4) is 0 Å². The van der Waals surface area contributed by atoms with E-state index >= 15 is 0 Å². The van der Waals surface area contributed by atoms with E-state index in [0.29, 0.717) is 30.7 Å². The predicted octanol–water partition coefficient (Wildman–Crippen LogP) is 2.25. The van der Waals surface area contributed by atoms with Gasteiger partial charge in [-0.2, -0.15) is 0 Å². The number of methoxy groups -OCH3 is 1. The van der Waals surface area contributed by atoms with Crippen molar-refractivity contribution >= 4 is 17.4 Å². The van der Waals surface area contributed by atoms with Crippen LogP contribution in [0.1, 0.15) is 30.1 Å². The van der Waals surface area contributed by atoms with Gasteiger partial charge in [-0.25, -0.2) is 0 Å². The summed E-state index contributed by atoms with van der Waals surface area (Å²) in [6.45, 7) is 2.07. The van der Waals surface area contributed by atoms with Gasteiger partial charge in [0.25, 0.3) is 0 Å². The average Bonchev–Trinajstić information content (AvgIpc) is 2.29.